The van der Waals surface area contributed by atoms with E-state index in [-0.39, 0.29) is 5.54 Å². The van der Waals surface area contributed by atoms with Gasteiger partial charge in [0.05, 0.1) is 5.69 Å². The molecule has 0 spiro atoms. The van der Waals surface area contributed by atoms with E-state index in [1.165, 1.54) is 5.56 Å². The summed E-state index contributed by atoms with van der Waals surface area (Å²) in [4.78, 5) is 6.20. The number of nitrogens with two attached hydrogens (primary N) is 1. The summed E-state index contributed by atoms with van der Waals surface area (Å²) in [6, 6.07) is 2.00. The molecule has 1 radical (unpaired) electrons. The molecule has 1 fully saturated rings. The molecule has 1 aliphatic heterocycles. The molecular weight excluding hydrogens is 162 g/mol. The largest absolute Gasteiger partial charge is 0.366 e. The van der Waals surface area contributed by atoms with Crippen LogP contribution in [-0.2, 0) is 0 Å². The maximum Gasteiger partial charge on any atom is 0.114 e. The maximum absolute atomic E-state index is 5.92. The molecule has 3 nitrogen and oxygen atoms in total. The first-order valence-corrected chi connectivity index (χ1v) is 4.46. The van der Waals surface area contributed by atoms with Crippen LogP contribution in [0.15, 0.2) is 12.3 Å². The molecule has 13 heavy (non-hydrogen) atoms. The molecule has 1 aromatic heterocycles. The van der Waals surface area contributed by atoms with Gasteiger partial charge in [-0.15, -0.1) is 0 Å². The van der Waals surface area contributed by atoms with Crippen molar-refractivity contribution in [1.29, 1.82) is 0 Å². The first kappa shape index (κ1) is 8.51. The number of hydrogen-bond donors (Lipinski definition) is 1. The summed E-state index contributed by atoms with van der Waals surface area (Å²) in [5, 5.41) is 0. The second-order valence-corrected chi connectivity index (χ2v) is 4.10. The van der Waals surface area contributed by atoms with Crippen molar-refractivity contribution in [1.82, 2.24) is 4.98 Å². The Morgan fingerprint density at radius 1 is 1.62 bits per heavy atom. The molecule has 3 heteroatoms. The van der Waals surface area contributed by atoms with E-state index in [1.54, 1.807) is 6.20 Å². The molecule has 1 aromatic rings. The Hall–Kier alpha value is -1.09. The minimum absolute atomic E-state index is 0.0316. The van der Waals surface area contributed by atoms with E-state index in [0.717, 1.165) is 18.8 Å². The molecule has 0 saturated carbocycles. The number of nitrogens with zero attached hydrogens (tertiary/aromatic N) is 2. The van der Waals surface area contributed by atoms with Crippen molar-refractivity contribution in [2.24, 2.45) is 5.73 Å². The van der Waals surface area contributed by atoms with Crippen LogP contribution in [-0.4, -0.2) is 23.6 Å². The second kappa shape index (κ2) is 2.70. The van der Waals surface area contributed by atoms with Crippen LogP contribution in [0, 0.1) is 13.1 Å². The van der Waals surface area contributed by atoms with E-state index in [4.69, 9.17) is 5.73 Å². The van der Waals surface area contributed by atoms with Gasteiger partial charge in [0.25, 0.3) is 0 Å². The third-order valence-corrected chi connectivity index (χ3v) is 2.36. The average Bonchev–Trinajstić information content (AvgIpc) is 2.01. The first-order valence-electron chi connectivity index (χ1n) is 4.46. The van der Waals surface area contributed by atoms with Gasteiger partial charge in [0.15, 0.2) is 0 Å². The van der Waals surface area contributed by atoms with E-state index in [9.17, 15) is 0 Å². The summed E-state index contributed by atoms with van der Waals surface area (Å²) in [5.74, 6) is 0. The Bertz CT molecular complexity index is 312. The van der Waals surface area contributed by atoms with E-state index in [0.29, 0.717) is 0 Å². The van der Waals surface area contributed by atoms with Gasteiger partial charge in [0.2, 0.25) is 0 Å². The average molecular weight is 176 g/mol. The van der Waals surface area contributed by atoms with Gasteiger partial charge in [-0.25, -0.2) is 0 Å². The van der Waals surface area contributed by atoms with Gasteiger partial charge >= 0.3 is 0 Å². The van der Waals surface area contributed by atoms with Crippen LogP contribution in [0.25, 0.3) is 0 Å². The molecule has 0 bridgehead atoms. The SMILES string of the molecule is Cc1ccn[c]c1N1CC(C)(N)C1. The number of anilines is 1. The van der Waals surface area contributed by atoms with Crippen molar-refractivity contribution >= 4 is 5.69 Å². The van der Waals surface area contributed by atoms with Crippen LogP contribution < -0.4 is 10.6 Å². The highest BCUT2D eigenvalue weighted by atomic mass is 15.3. The van der Waals surface area contributed by atoms with Gasteiger partial charge in [0, 0.05) is 24.8 Å². The summed E-state index contributed by atoms with van der Waals surface area (Å²) in [6.45, 7) is 5.93. The van der Waals surface area contributed by atoms with Crippen LogP contribution in [0.5, 0.6) is 0 Å². The van der Waals surface area contributed by atoms with Gasteiger partial charge in [-0.05, 0) is 25.5 Å². The molecule has 1 saturated heterocycles. The summed E-state index contributed by atoms with van der Waals surface area (Å²) in [6.07, 6.45) is 4.76. The third-order valence-electron chi connectivity index (χ3n) is 2.36. The first-order chi connectivity index (χ1) is 6.08. The third kappa shape index (κ3) is 1.52. The zero-order valence-electron chi connectivity index (χ0n) is 8.04. The van der Waals surface area contributed by atoms with Crippen molar-refractivity contribution in [2.45, 2.75) is 19.4 Å². The van der Waals surface area contributed by atoms with E-state index in [1.807, 2.05) is 6.07 Å². The molecule has 2 rings (SSSR count). The zero-order valence-corrected chi connectivity index (χ0v) is 8.04. The predicted molar refractivity (Wildman–Crippen MR) is 52.6 cm³/mol. The highest BCUT2D eigenvalue weighted by molar-refractivity contribution is 5.53. The van der Waals surface area contributed by atoms with Crippen molar-refractivity contribution in [3.8, 4) is 0 Å². The maximum atomic E-state index is 5.92. The van der Waals surface area contributed by atoms with Crippen LogP contribution in [0.4, 0.5) is 5.69 Å². The van der Waals surface area contributed by atoms with Crippen LogP contribution in [0.2, 0.25) is 0 Å². The van der Waals surface area contributed by atoms with Crippen molar-refractivity contribution in [2.75, 3.05) is 18.0 Å². The Morgan fingerprint density at radius 2 is 2.31 bits per heavy atom. The van der Waals surface area contributed by atoms with E-state index < -0.39 is 0 Å². The normalized spacial score (nSPS) is 19.8. The molecule has 0 aliphatic carbocycles. The monoisotopic (exact) mass is 176 g/mol. The molecule has 0 amide bonds. The summed E-state index contributed by atoms with van der Waals surface area (Å²) in [5.41, 5.74) is 8.19. The van der Waals surface area contributed by atoms with Gasteiger partial charge in [0.1, 0.15) is 6.20 Å². The van der Waals surface area contributed by atoms with Crippen molar-refractivity contribution < 1.29 is 0 Å². The predicted octanol–water partition coefficient (Wildman–Crippen LogP) is 0.728. The standard InChI is InChI=1S/C10H14N3/c1-8-3-4-12-5-9(8)13-6-10(2,11)7-13/h3-4H,6-7,11H2,1-2H3. The number of hydrogen-bond acceptors (Lipinski definition) is 3. The Morgan fingerprint density at radius 3 is 2.85 bits per heavy atom. The number of pyridine rings is 1. The summed E-state index contributed by atoms with van der Waals surface area (Å²) < 4.78 is 0. The minimum Gasteiger partial charge on any atom is -0.366 e. The fourth-order valence-electron chi connectivity index (χ4n) is 1.72. The number of aryl methyl sites for hydroxylation is 1. The molecule has 2 N–H and O–H groups in total. The quantitative estimate of drug-likeness (QED) is 0.686. The van der Waals surface area contributed by atoms with Crippen molar-refractivity contribution in [3.05, 3.63) is 24.0 Å². The molecule has 0 atom stereocenters. The fourth-order valence-corrected chi connectivity index (χ4v) is 1.72. The minimum atomic E-state index is -0.0316. The van der Waals surface area contributed by atoms with Crippen LogP contribution >= 0.6 is 0 Å². The summed E-state index contributed by atoms with van der Waals surface area (Å²) in [7, 11) is 0. The van der Waals surface area contributed by atoms with Gasteiger partial charge in [-0.1, -0.05) is 0 Å². The fraction of sp³-hybridized carbons (Fsp3) is 0.500. The topological polar surface area (TPSA) is 42.2 Å². The zero-order chi connectivity index (χ0) is 9.47. The highest BCUT2D eigenvalue weighted by Crippen LogP contribution is 2.26. The number of aromatic nitrogens is 1. The molecule has 69 valence electrons. The van der Waals surface area contributed by atoms with Gasteiger partial charge in [-0.3, -0.25) is 4.98 Å². The lowest BCUT2D eigenvalue weighted by Gasteiger charge is -2.47. The van der Waals surface area contributed by atoms with E-state index in [2.05, 4.69) is 29.9 Å². The molecular formula is C10H14N3. The Kier molecular flexibility index (Phi) is 1.77. The lowest BCUT2D eigenvalue weighted by Crippen LogP contribution is -2.65. The second-order valence-electron chi connectivity index (χ2n) is 4.10. The molecule has 0 unspecified atom stereocenters. The molecule has 0 aromatic carbocycles. The van der Waals surface area contributed by atoms with Crippen molar-refractivity contribution in [3.63, 3.8) is 0 Å². The van der Waals surface area contributed by atoms with Gasteiger partial charge in [-0.2, -0.15) is 0 Å². The Balaban J connectivity index is 2.16. The molecule has 1 aliphatic rings. The smallest absolute Gasteiger partial charge is 0.114 e. The number of rotatable bonds is 1. The van der Waals surface area contributed by atoms with Crippen LogP contribution in [0.3, 0.4) is 0 Å². The lowest BCUT2D eigenvalue weighted by molar-refractivity contribution is 0.364. The van der Waals surface area contributed by atoms with Crippen LogP contribution in [0.1, 0.15) is 12.5 Å². The lowest BCUT2D eigenvalue weighted by atomic mass is 9.93. The highest BCUT2D eigenvalue weighted by Gasteiger charge is 2.35. The molecule has 2 heterocycles. The summed E-state index contributed by atoms with van der Waals surface area (Å²) >= 11 is 0. The van der Waals surface area contributed by atoms with Gasteiger partial charge < -0.3 is 10.6 Å². The Labute approximate surface area is 78.6 Å². The van der Waals surface area contributed by atoms with E-state index >= 15 is 0 Å².